The number of nitrogens with zero attached hydrogens (tertiary/aromatic N) is 2. The first-order valence-electron chi connectivity index (χ1n) is 6.98. The number of anilines is 1. The van der Waals surface area contributed by atoms with Gasteiger partial charge in [0.15, 0.2) is 0 Å². The van der Waals surface area contributed by atoms with Crippen LogP contribution in [0.25, 0.3) is 0 Å². The molecular weight excluding hydrogens is 348 g/mol. The number of hydrogen-bond acceptors (Lipinski definition) is 3. The van der Waals surface area contributed by atoms with Gasteiger partial charge in [-0.3, -0.25) is 4.79 Å². The van der Waals surface area contributed by atoms with E-state index in [1.54, 1.807) is 0 Å². The highest BCUT2D eigenvalue weighted by molar-refractivity contribution is 7.99. The predicted octanol–water partition coefficient (Wildman–Crippen LogP) is 3.97. The number of benzene rings is 1. The Balaban J connectivity index is 2.44. The molecule has 9 heteroatoms. The normalized spacial score (nSPS) is 17.8. The molecule has 0 aromatic heterocycles. The van der Waals surface area contributed by atoms with Crippen molar-refractivity contribution >= 4 is 29.4 Å². The van der Waals surface area contributed by atoms with Crippen LogP contribution in [0.2, 0.25) is 0 Å². The number of alkyl halides is 3. The average Bonchev–Trinajstić information content (AvgIpc) is 2.59. The fourth-order valence-electron chi connectivity index (χ4n) is 2.23. The van der Waals surface area contributed by atoms with Crippen molar-refractivity contribution in [3.8, 4) is 0 Å². The Morgan fingerprint density at radius 3 is 2.25 bits per heavy atom. The number of rotatable bonds is 3. The monoisotopic (exact) mass is 364 g/mol. The number of amides is 3. The van der Waals surface area contributed by atoms with Gasteiger partial charge in [-0.05, 0) is 38.5 Å². The van der Waals surface area contributed by atoms with Gasteiger partial charge in [0.25, 0.3) is 5.91 Å². The Morgan fingerprint density at radius 1 is 1.21 bits per heavy atom. The molecule has 3 amide bonds. The SMILES string of the molecule is Cc1cc(F)c(N2C(=O)N(C)C(C)(C)C2=O)cc1SCC(F)(F)F. The summed E-state index contributed by atoms with van der Waals surface area (Å²) in [5.41, 5.74) is -1.19. The van der Waals surface area contributed by atoms with Gasteiger partial charge in [-0.25, -0.2) is 14.1 Å². The third-order valence-corrected chi connectivity index (χ3v) is 5.14. The minimum atomic E-state index is -4.38. The van der Waals surface area contributed by atoms with E-state index in [9.17, 15) is 27.2 Å². The van der Waals surface area contributed by atoms with Crippen molar-refractivity contribution in [2.24, 2.45) is 0 Å². The number of carbonyl (C=O) groups is 2. The van der Waals surface area contributed by atoms with Gasteiger partial charge >= 0.3 is 12.2 Å². The number of halogens is 4. The number of thioether (sulfide) groups is 1. The Kier molecular flexibility index (Phi) is 4.60. The Labute approximate surface area is 140 Å². The quantitative estimate of drug-likeness (QED) is 0.463. The van der Waals surface area contributed by atoms with Crippen molar-refractivity contribution in [1.82, 2.24) is 4.90 Å². The third kappa shape index (κ3) is 3.22. The van der Waals surface area contributed by atoms with E-state index in [-0.39, 0.29) is 10.6 Å². The van der Waals surface area contributed by atoms with Crippen molar-refractivity contribution in [2.45, 2.75) is 37.4 Å². The molecule has 2 rings (SSSR count). The summed E-state index contributed by atoms with van der Waals surface area (Å²) in [5.74, 6) is -2.62. The lowest BCUT2D eigenvalue weighted by molar-refractivity contribution is -0.123. The van der Waals surface area contributed by atoms with Crippen LogP contribution in [0.15, 0.2) is 17.0 Å². The summed E-state index contributed by atoms with van der Waals surface area (Å²) in [6.07, 6.45) is -4.38. The molecular formula is C15H16F4N2O2S. The van der Waals surface area contributed by atoms with Crippen molar-refractivity contribution in [3.05, 3.63) is 23.5 Å². The highest BCUT2D eigenvalue weighted by Crippen LogP contribution is 2.37. The summed E-state index contributed by atoms with van der Waals surface area (Å²) in [6.45, 7) is 4.49. The van der Waals surface area contributed by atoms with Crippen LogP contribution in [0.4, 0.5) is 28.0 Å². The van der Waals surface area contributed by atoms with Gasteiger partial charge in [0.05, 0.1) is 11.4 Å². The van der Waals surface area contributed by atoms with Crippen molar-refractivity contribution in [1.29, 1.82) is 0 Å². The lowest BCUT2D eigenvalue weighted by atomic mass is 10.0. The number of carbonyl (C=O) groups excluding carboxylic acids is 2. The van der Waals surface area contributed by atoms with Crippen molar-refractivity contribution in [3.63, 3.8) is 0 Å². The molecule has 132 valence electrons. The standard InChI is InChI=1S/C15H16F4N2O2S/c1-8-5-9(16)10(6-11(8)24-7-15(17,18)19)21-12(22)14(2,3)20(4)13(21)23/h5-6H,7H2,1-4H3. The summed E-state index contributed by atoms with van der Waals surface area (Å²) in [7, 11) is 1.41. The molecule has 1 heterocycles. The first-order chi connectivity index (χ1) is 10.9. The van der Waals surface area contributed by atoms with Gasteiger partial charge in [-0.1, -0.05) is 0 Å². The number of hydrogen-bond donors (Lipinski definition) is 0. The zero-order chi connectivity index (χ0) is 18.4. The smallest absolute Gasteiger partial charge is 0.313 e. The average molecular weight is 364 g/mol. The zero-order valence-electron chi connectivity index (χ0n) is 13.5. The molecule has 0 unspecified atom stereocenters. The van der Waals surface area contributed by atoms with Gasteiger partial charge in [-0.2, -0.15) is 13.2 Å². The Bertz CT molecular complexity index is 703. The van der Waals surface area contributed by atoms with E-state index in [1.807, 2.05) is 0 Å². The molecule has 1 aliphatic rings. The molecule has 0 bridgehead atoms. The number of urea groups is 1. The van der Waals surface area contributed by atoms with Gasteiger partial charge < -0.3 is 4.90 Å². The van der Waals surface area contributed by atoms with Gasteiger partial charge in [0.1, 0.15) is 11.4 Å². The van der Waals surface area contributed by atoms with Gasteiger partial charge in [0.2, 0.25) is 0 Å². The van der Waals surface area contributed by atoms with E-state index in [2.05, 4.69) is 0 Å². The van der Waals surface area contributed by atoms with Crippen LogP contribution in [0.3, 0.4) is 0 Å². The second-order valence-electron chi connectivity index (χ2n) is 6.01. The fourth-order valence-corrected chi connectivity index (χ4v) is 3.03. The summed E-state index contributed by atoms with van der Waals surface area (Å²) in [6, 6.07) is 1.42. The van der Waals surface area contributed by atoms with Crippen LogP contribution in [-0.4, -0.2) is 41.4 Å². The highest BCUT2D eigenvalue weighted by Gasteiger charge is 2.50. The molecule has 0 spiro atoms. The second-order valence-corrected chi connectivity index (χ2v) is 7.03. The zero-order valence-corrected chi connectivity index (χ0v) is 14.3. The van der Waals surface area contributed by atoms with Crippen molar-refractivity contribution in [2.75, 3.05) is 17.7 Å². The van der Waals surface area contributed by atoms with Crippen molar-refractivity contribution < 1.29 is 27.2 Å². The molecule has 0 aliphatic carbocycles. The molecule has 0 saturated carbocycles. The number of imide groups is 1. The van der Waals surface area contributed by atoms with E-state index >= 15 is 0 Å². The minimum Gasteiger partial charge on any atom is -0.313 e. The first kappa shape index (κ1) is 18.6. The van der Waals surface area contributed by atoms with Gasteiger partial charge in [0, 0.05) is 11.9 Å². The molecule has 0 atom stereocenters. The highest BCUT2D eigenvalue weighted by atomic mass is 32.2. The minimum absolute atomic E-state index is 0.164. The molecule has 1 aliphatic heterocycles. The number of likely N-dealkylation sites (N-methyl/N-ethyl adjacent to an activating group) is 1. The van der Waals surface area contributed by atoms with E-state index in [1.165, 1.54) is 27.8 Å². The van der Waals surface area contributed by atoms with Crippen LogP contribution < -0.4 is 4.90 Å². The summed E-state index contributed by atoms with van der Waals surface area (Å²) in [4.78, 5) is 26.7. The molecule has 0 N–H and O–H groups in total. The maximum absolute atomic E-state index is 14.3. The maximum atomic E-state index is 14.3. The molecule has 1 aromatic rings. The lowest BCUT2D eigenvalue weighted by Gasteiger charge is -2.22. The van der Waals surface area contributed by atoms with Crippen LogP contribution in [0, 0.1) is 12.7 Å². The van der Waals surface area contributed by atoms with Crippen LogP contribution in [-0.2, 0) is 4.79 Å². The second kappa shape index (κ2) is 5.94. The molecule has 1 fully saturated rings. The Morgan fingerprint density at radius 2 is 1.79 bits per heavy atom. The van der Waals surface area contributed by atoms with E-state index in [4.69, 9.17) is 0 Å². The molecule has 4 nitrogen and oxygen atoms in total. The van der Waals surface area contributed by atoms with Crippen LogP contribution >= 0.6 is 11.8 Å². The number of aryl methyl sites for hydroxylation is 1. The van der Waals surface area contributed by atoms with Crippen LogP contribution in [0.1, 0.15) is 19.4 Å². The van der Waals surface area contributed by atoms with Gasteiger partial charge in [-0.15, -0.1) is 11.8 Å². The fraction of sp³-hybridized carbons (Fsp3) is 0.467. The summed E-state index contributed by atoms with van der Waals surface area (Å²) >= 11 is 0.484. The van der Waals surface area contributed by atoms with E-state index in [0.29, 0.717) is 22.2 Å². The Hall–Kier alpha value is -1.77. The summed E-state index contributed by atoms with van der Waals surface area (Å²) in [5, 5.41) is 0. The predicted molar refractivity (Wildman–Crippen MR) is 82.6 cm³/mol. The van der Waals surface area contributed by atoms with E-state index in [0.717, 1.165) is 17.0 Å². The van der Waals surface area contributed by atoms with E-state index < -0.39 is 35.2 Å². The molecule has 0 radical (unpaired) electrons. The largest absolute Gasteiger partial charge is 0.398 e. The summed E-state index contributed by atoms with van der Waals surface area (Å²) < 4.78 is 51.5. The first-order valence-corrected chi connectivity index (χ1v) is 7.97. The lowest BCUT2D eigenvalue weighted by Crippen LogP contribution is -2.41. The maximum Gasteiger partial charge on any atom is 0.398 e. The topological polar surface area (TPSA) is 40.6 Å². The van der Waals surface area contributed by atoms with Crippen LogP contribution in [0.5, 0.6) is 0 Å². The molecule has 1 aromatic carbocycles. The molecule has 1 saturated heterocycles. The molecule has 24 heavy (non-hydrogen) atoms. The third-order valence-electron chi connectivity index (χ3n) is 3.92.